The van der Waals surface area contributed by atoms with E-state index < -0.39 is 20.0 Å². The monoisotopic (exact) mass is 589 g/mol. The first kappa shape index (κ1) is 28.5. The van der Waals surface area contributed by atoms with Crippen LogP contribution in [0.15, 0.2) is 119 Å². The fourth-order valence-electron chi connectivity index (χ4n) is 4.80. The Morgan fingerprint density at radius 2 is 1.24 bits per heavy atom. The zero-order chi connectivity index (χ0) is 29.0. The maximum atomic E-state index is 13.9. The molecule has 0 saturated carbocycles. The Balaban J connectivity index is 1.43. The number of piperazine rings is 1. The van der Waals surface area contributed by atoms with Crippen molar-refractivity contribution in [3.63, 3.8) is 0 Å². The lowest BCUT2D eigenvalue weighted by Gasteiger charge is -2.35. The first-order valence-corrected chi connectivity index (χ1v) is 16.1. The number of rotatable bonds is 8. The van der Waals surface area contributed by atoms with Crippen LogP contribution in [0.5, 0.6) is 0 Å². The highest BCUT2D eigenvalue weighted by molar-refractivity contribution is 7.92. The first-order valence-electron chi connectivity index (χ1n) is 13.2. The molecule has 0 atom stereocenters. The Labute approximate surface area is 241 Å². The van der Waals surface area contributed by atoms with Crippen molar-refractivity contribution in [2.24, 2.45) is 0 Å². The maximum absolute atomic E-state index is 13.9. The molecule has 1 saturated heterocycles. The summed E-state index contributed by atoms with van der Waals surface area (Å²) in [7, 11) is -7.72. The van der Waals surface area contributed by atoms with Crippen molar-refractivity contribution in [1.29, 1.82) is 0 Å². The van der Waals surface area contributed by atoms with Gasteiger partial charge in [-0.05, 0) is 48.9 Å². The molecule has 5 rings (SSSR count). The Morgan fingerprint density at radius 3 is 1.88 bits per heavy atom. The Morgan fingerprint density at radius 1 is 0.683 bits per heavy atom. The average Bonchev–Trinajstić information content (AvgIpc) is 3.01. The van der Waals surface area contributed by atoms with E-state index in [0.717, 1.165) is 11.1 Å². The van der Waals surface area contributed by atoms with Crippen LogP contribution in [0, 0.1) is 6.92 Å². The van der Waals surface area contributed by atoms with E-state index in [2.05, 4.69) is 0 Å². The molecule has 0 radical (unpaired) electrons. The van der Waals surface area contributed by atoms with Gasteiger partial charge in [-0.15, -0.1) is 0 Å². The van der Waals surface area contributed by atoms with Crippen molar-refractivity contribution in [2.75, 3.05) is 30.5 Å². The highest BCUT2D eigenvalue weighted by Gasteiger charge is 2.33. The summed E-state index contributed by atoms with van der Waals surface area (Å²) < 4.78 is 56.8. The fourth-order valence-corrected chi connectivity index (χ4v) is 7.72. The summed E-state index contributed by atoms with van der Waals surface area (Å²) in [6, 6.07) is 30.7. The zero-order valence-electron chi connectivity index (χ0n) is 22.6. The van der Waals surface area contributed by atoms with Crippen LogP contribution in [0.4, 0.5) is 5.69 Å². The van der Waals surface area contributed by atoms with Gasteiger partial charge >= 0.3 is 0 Å². The molecule has 1 heterocycles. The molecule has 1 aliphatic heterocycles. The number of amides is 1. The third kappa shape index (κ3) is 6.04. The second-order valence-electron chi connectivity index (χ2n) is 9.84. The molecule has 0 aromatic heterocycles. The standard InChI is InChI=1S/C31H31N3O5S2/c1-25-16-18-28(19-17-25)40(36,37)33-22-20-32(21-23-33)31(35)29-14-8-9-15-30(29)34(24-26-10-4-2-5-11-26)41(38,39)27-12-6-3-7-13-27/h2-19H,20-24H2,1H3. The van der Waals surface area contributed by atoms with Crippen LogP contribution >= 0.6 is 0 Å². The number of carbonyl (C=O) groups excluding carboxylic acids is 1. The van der Waals surface area contributed by atoms with Crippen molar-refractivity contribution >= 4 is 31.6 Å². The normalized spacial score (nSPS) is 14.5. The van der Waals surface area contributed by atoms with Crippen LogP contribution in [0.25, 0.3) is 0 Å². The van der Waals surface area contributed by atoms with Gasteiger partial charge in [-0.25, -0.2) is 16.8 Å². The van der Waals surface area contributed by atoms with Crippen molar-refractivity contribution in [3.05, 3.63) is 126 Å². The average molecular weight is 590 g/mol. The number of benzene rings is 4. The predicted octanol–water partition coefficient (Wildman–Crippen LogP) is 4.54. The third-order valence-electron chi connectivity index (χ3n) is 7.09. The SMILES string of the molecule is Cc1ccc(S(=O)(=O)N2CCN(C(=O)c3ccccc3N(Cc3ccccc3)S(=O)(=O)c3ccccc3)CC2)cc1. The van der Waals surface area contributed by atoms with E-state index in [0.29, 0.717) is 0 Å². The number of aryl methyl sites for hydroxylation is 1. The van der Waals surface area contributed by atoms with Crippen LogP contribution in [-0.4, -0.2) is 58.1 Å². The van der Waals surface area contributed by atoms with Crippen molar-refractivity contribution in [1.82, 2.24) is 9.21 Å². The lowest BCUT2D eigenvalue weighted by Crippen LogP contribution is -2.50. The molecular weight excluding hydrogens is 558 g/mol. The minimum atomic E-state index is -4.03. The molecule has 0 N–H and O–H groups in total. The van der Waals surface area contributed by atoms with E-state index in [1.165, 1.54) is 20.7 Å². The van der Waals surface area contributed by atoms with Gasteiger partial charge in [0.15, 0.2) is 0 Å². The largest absolute Gasteiger partial charge is 0.336 e. The lowest BCUT2D eigenvalue weighted by atomic mass is 10.1. The molecule has 0 bridgehead atoms. The smallest absolute Gasteiger partial charge is 0.264 e. The summed E-state index contributed by atoms with van der Waals surface area (Å²) in [5.74, 6) is -0.352. The number of nitrogens with zero attached hydrogens (tertiary/aromatic N) is 3. The molecule has 0 aliphatic carbocycles. The predicted molar refractivity (Wildman–Crippen MR) is 159 cm³/mol. The van der Waals surface area contributed by atoms with E-state index in [-0.39, 0.29) is 59.7 Å². The third-order valence-corrected chi connectivity index (χ3v) is 10.8. The number of sulfonamides is 2. The maximum Gasteiger partial charge on any atom is 0.264 e. The molecule has 41 heavy (non-hydrogen) atoms. The molecule has 1 fully saturated rings. The van der Waals surface area contributed by atoms with Gasteiger partial charge in [0.2, 0.25) is 10.0 Å². The topological polar surface area (TPSA) is 95.1 Å². The van der Waals surface area contributed by atoms with Gasteiger partial charge in [0.25, 0.3) is 15.9 Å². The first-order chi connectivity index (χ1) is 19.7. The summed E-state index contributed by atoms with van der Waals surface area (Å²) in [5.41, 5.74) is 2.23. The molecule has 0 unspecified atom stereocenters. The second-order valence-corrected chi connectivity index (χ2v) is 13.6. The minimum absolute atomic E-state index is 0.0327. The summed E-state index contributed by atoms with van der Waals surface area (Å²) in [6.45, 7) is 2.57. The van der Waals surface area contributed by atoms with Crippen molar-refractivity contribution in [2.45, 2.75) is 23.3 Å². The molecule has 1 aliphatic rings. The summed E-state index contributed by atoms with van der Waals surface area (Å²) in [6.07, 6.45) is 0. The molecule has 4 aromatic rings. The van der Waals surface area contributed by atoms with Gasteiger partial charge in [-0.3, -0.25) is 9.10 Å². The number of hydrogen-bond acceptors (Lipinski definition) is 5. The van der Waals surface area contributed by atoms with Gasteiger partial charge in [0.1, 0.15) is 0 Å². The highest BCUT2D eigenvalue weighted by atomic mass is 32.2. The van der Waals surface area contributed by atoms with Crippen LogP contribution in [0.2, 0.25) is 0 Å². The highest BCUT2D eigenvalue weighted by Crippen LogP contribution is 2.30. The molecular formula is C31H31N3O5S2. The molecule has 0 spiro atoms. The van der Waals surface area contributed by atoms with Crippen molar-refractivity contribution < 1.29 is 21.6 Å². The molecule has 8 nitrogen and oxygen atoms in total. The quantitative estimate of drug-likeness (QED) is 0.301. The Bertz CT molecular complexity index is 1720. The van der Waals surface area contributed by atoms with E-state index in [1.54, 1.807) is 71.6 Å². The number of para-hydroxylation sites is 1. The number of carbonyl (C=O) groups is 1. The zero-order valence-corrected chi connectivity index (χ0v) is 24.3. The minimum Gasteiger partial charge on any atom is -0.336 e. The molecule has 1 amide bonds. The molecule has 10 heteroatoms. The van der Waals surface area contributed by atoms with Crippen LogP contribution in [0.1, 0.15) is 21.5 Å². The second kappa shape index (κ2) is 11.9. The van der Waals surface area contributed by atoms with Crippen LogP contribution in [-0.2, 0) is 26.6 Å². The van der Waals surface area contributed by atoms with Crippen LogP contribution < -0.4 is 4.31 Å². The summed E-state index contributed by atoms with van der Waals surface area (Å²) >= 11 is 0. The van der Waals surface area contributed by atoms with Crippen molar-refractivity contribution in [3.8, 4) is 0 Å². The van der Waals surface area contributed by atoms with Gasteiger partial charge in [-0.2, -0.15) is 4.31 Å². The lowest BCUT2D eigenvalue weighted by molar-refractivity contribution is 0.0698. The number of hydrogen-bond donors (Lipinski definition) is 0. The fraction of sp³-hybridized carbons (Fsp3) is 0.194. The van der Waals surface area contributed by atoms with Gasteiger partial charge in [-0.1, -0.05) is 78.4 Å². The number of anilines is 1. The van der Waals surface area contributed by atoms with Gasteiger partial charge < -0.3 is 4.90 Å². The van der Waals surface area contributed by atoms with E-state index in [1.807, 2.05) is 37.3 Å². The van der Waals surface area contributed by atoms with Gasteiger partial charge in [0.05, 0.1) is 27.6 Å². The van der Waals surface area contributed by atoms with E-state index in [9.17, 15) is 21.6 Å². The summed E-state index contributed by atoms with van der Waals surface area (Å²) in [5, 5.41) is 0. The van der Waals surface area contributed by atoms with E-state index in [4.69, 9.17) is 0 Å². The Hall–Kier alpha value is -3.99. The molecule has 4 aromatic carbocycles. The van der Waals surface area contributed by atoms with E-state index >= 15 is 0 Å². The Kier molecular flexibility index (Phi) is 8.25. The molecule has 212 valence electrons. The van der Waals surface area contributed by atoms with Crippen LogP contribution in [0.3, 0.4) is 0 Å². The summed E-state index contributed by atoms with van der Waals surface area (Å²) in [4.78, 5) is 15.8. The van der Waals surface area contributed by atoms with Gasteiger partial charge in [0, 0.05) is 26.2 Å².